The Kier molecular flexibility index (Phi) is 3.13. The first-order valence-electron chi connectivity index (χ1n) is 4.84. The van der Waals surface area contributed by atoms with Crippen LogP contribution in [0.1, 0.15) is 27.7 Å². The van der Waals surface area contributed by atoms with Crippen LogP contribution in [0, 0.1) is 17.8 Å². The summed E-state index contributed by atoms with van der Waals surface area (Å²) < 4.78 is 5.68. The third-order valence-electron chi connectivity index (χ3n) is 3.55. The van der Waals surface area contributed by atoms with Crippen molar-refractivity contribution in [2.45, 2.75) is 39.9 Å². The summed E-state index contributed by atoms with van der Waals surface area (Å²) in [4.78, 5) is 0. The minimum absolute atomic E-state index is 0.0474. The Labute approximate surface area is 74.9 Å². The van der Waals surface area contributed by atoms with Crippen LogP contribution in [-0.4, -0.2) is 23.9 Å². The van der Waals surface area contributed by atoms with E-state index >= 15 is 0 Å². The number of aliphatic hydroxyl groups excluding tert-OH is 1. The fourth-order valence-electron chi connectivity index (χ4n) is 1.98. The third-order valence-corrected chi connectivity index (χ3v) is 3.55. The summed E-state index contributed by atoms with van der Waals surface area (Å²) in [5.41, 5.74) is 0. The van der Waals surface area contributed by atoms with Crippen molar-refractivity contribution in [1.82, 2.24) is 0 Å². The largest absolute Gasteiger partial charge is 0.394 e. The molecule has 2 nitrogen and oxygen atoms in total. The van der Waals surface area contributed by atoms with Crippen LogP contribution in [0.3, 0.4) is 0 Å². The number of hydrogen-bond acceptors (Lipinski definition) is 2. The lowest BCUT2D eigenvalue weighted by molar-refractivity contribution is -0.140. The zero-order valence-corrected chi connectivity index (χ0v) is 8.45. The number of aliphatic hydroxyl groups is 1. The number of rotatable bonds is 1. The Morgan fingerprint density at radius 3 is 2.08 bits per heavy atom. The van der Waals surface area contributed by atoms with E-state index < -0.39 is 0 Å². The highest BCUT2D eigenvalue weighted by Crippen LogP contribution is 2.34. The SMILES string of the molecule is CC1O[C@H](CO)[C@H](C)[C@H](C)[C@H]1C. The Morgan fingerprint density at radius 1 is 1.00 bits per heavy atom. The molecule has 0 spiro atoms. The second-order valence-electron chi connectivity index (χ2n) is 4.14. The molecule has 0 amide bonds. The molecule has 1 aliphatic rings. The van der Waals surface area contributed by atoms with E-state index in [0.29, 0.717) is 17.8 Å². The van der Waals surface area contributed by atoms with E-state index in [2.05, 4.69) is 27.7 Å². The summed E-state index contributed by atoms with van der Waals surface area (Å²) in [5, 5.41) is 9.06. The van der Waals surface area contributed by atoms with Crippen LogP contribution in [0.25, 0.3) is 0 Å². The lowest BCUT2D eigenvalue weighted by Gasteiger charge is -2.41. The molecule has 0 aromatic rings. The molecule has 1 heterocycles. The highest BCUT2D eigenvalue weighted by molar-refractivity contribution is 4.83. The van der Waals surface area contributed by atoms with Crippen molar-refractivity contribution in [1.29, 1.82) is 0 Å². The maximum Gasteiger partial charge on any atom is 0.0837 e. The van der Waals surface area contributed by atoms with Gasteiger partial charge in [-0.3, -0.25) is 0 Å². The molecule has 12 heavy (non-hydrogen) atoms. The Hall–Kier alpha value is -0.0800. The van der Waals surface area contributed by atoms with Crippen LogP contribution < -0.4 is 0 Å². The predicted octanol–water partition coefficient (Wildman–Crippen LogP) is 1.67. The van der Waals surface area contributed by atoms with Crippen molar-refractivity contribution < 1.29 is 9.84 Å². The quantitative estimate of drug-likeness (QED) is 0.652. The van der Waals surface area contributed by atoms with Gasteiger partial charge < -0.3 is 9.84 Å². The molecule has 1 aliphatic heterocycles. The van der Waals surface area contributed by atoms with Crippen LogP contribution in [0.4, 0.5) is 0 Å². The Bertz CT molecular complexity index is 142. The van der Waals surface area contributed by atoms with E-state index in [1.165, 1.54) is 0 Å². The monoisotopic (exact) mass is 172 g/mol. The molecule has 0 radical (unpaired) electrons. The van der Waals surface area contributed by atoms with Crippen molar-refractivity contribution in [3.63, 3.8) is 0 Å². The van der Waals surface area contributed by atoms with Gasteiger partial charge in [0.25, 0.3) is 0 Å². The Balaban J connectivity index is 2.63. The highest BCUT2D eigenvalue weighted by Gasteiger charge is 2.36. The van der Waals surface area contributed by atoms with Gasteiger partial charge in [-0.2, -0.15) is 0 Å². The summed E-state index contributed by atoms with van der Waals surface area (Å²) in [6, 6.07) is 0. The molecule has 0 aliphatic carbocycles. The average molecular weight is 172 g/mol. The highest BCUT2D eigenvalue weighted by atomic mass is 16.5. The van der Waals surface area contributed by atoms with E-state index in [0.717, 1.165) is 0 Å². The average Bonchev–Trinajstić information content (AvgIpc) is 2.08. The van der Waals surface area contributed by atoms with Gasteiger partial charge in [0.15, 0.2) is 0 Å². The summed E-state index contributed by atoms with van der Waals surface area (Å²) in [7, 11) is 0. The summed E-state index contributed by atoms with van der Waals surface area (Å²) in [5.74, 6) is 1.72. The van der Waals surface area contributed by atoms with Crippen LogP contribution >= 0.6 is 0 Å². The molecular formula is C10H20O2. The molecule has 0 aromatic heterocycles. The van der Waals surface area contributed by atoms with Gasteiger partial charge in [0.05, 0.1) is 18.8 Å². The summed E-state index contributed by atoms with van der Waals surface area (Å²) in [6.07, 6.45) is 0.333. The lowest BCUT2D eigenvalue weighted by Crippen LogP contribution is -2.44. The minimum Gasteiger partial charge on any atom is -0.394 e. The van der Waals surface area contributed by atoms with Crippen LogP contribution in [-0.2, 0) is 4.74 Å². The molecule has 1 unspecified atom stereocenters. The van der Waals surface area contributed by atoms with E-state index in [-0.39, 0.29) is 18.8 Å². The zero-order valence-electron chi connectivity index (χ0n) is 8.45. The zero-order chi connectivity index (χ0) is 9.30. The van der Waals surface area contributed by atoms with E-state index in [1.54, 1.807) is 0 Å². The Morgan fingerprint density at radius 2 is 1.58 bits per heavy atom. The maximum atomic E-state index is 9.06. The fourth-order valence-corrected chi connectivity index (χ4v) is 1.98. The first kappa shape index (κ1) is 10.0. The maximum absolute atomic E-state index is 9.06. The molecule has 0 aromatic carbocycles. The van der Waals surface area contributed by atoms with Gasteiger partial charge in [0.1, 0.15) is 0 Å². The van der Waals surface area contributed by atoms with Crippen molar-refractivity contribution in [3.8, 4) is 0 Å². The molecule has 5 atom stereocenters. The minimum atomic E-state index is 0.0474. The van der Waals surface area contributed by atoms with Crippen LogP contribution in [0.5, 0.6) is 0 Å². The van der Waals surface area contributed by atoms with Crippen molar-refractivity contribution in [2.75, 3.05) is 6.61 Å². The van der Waals surface area contributed by atoms with E-state index in [1.807, 2.05) is 0 Å². The topological polar surface area (TPSA) is 29.5 Å². The van der Waals surface area contributed by atoms with Gasteiger partial charge in [-0.25, -0.2) is 0 Å². The lowest BCUT2D eigenvalue weighted by atomic mass is 9.77. The van der Waals surface area contributed by atoms with Gasteiger partial charge in [-0.1, -0.05) is 20.8 Å². The van der Waals surface area contributed by atoms with Gasteiger partial charge in [0.2, 0.25) is 0 Å². The molecular weight excluding hydrogens is 152 g/mol. The van der Waals surface area contributed by atoms with Crippen LogP contribution in [0.15, 0.2) is 0 Å². The molecule has 0 bridgehead atoms. The normalized spacial score (nSPS) is 49.2. The molecule has 1 N–H and O–H groups in total. The van der Waals surface area contributed by atoms with Crippen molar-refractivity contribution in [3.05, 3.63) is 0 Å². The first-order chi connectivity index (χ1) is 5.57. The molecule has 1 rings (SSSR count). The van der Waals surface area contributed by atoms with E-state index in [4.69, 9.17) is 9.84 Å². The predicted molar refractivity (Wildman–Crippen MR) is 48.9 cm³/mol. The van der Waals surface area contributed by atoms with Crippen LogP contribution in [0.2, 0.25) is 0 Å². The third kappa shape index (κ3) is 1.64. The summed E-state index contributed by atoms with van der Waals surface area (Å²) in [6.45, 7) is 8.88. The van der Waals surface area contributed by atoms with Gasteiger partial charge in [-0.05, 0) is 24.7 Å². The second kappa shape index (κ2) is 3.75. The fraction of sp³-hybridized carbons (Fsp3) is 1.00. The first-order valence-corrected chi connectivity index (χ1v) is 4.84. The van der Waals surface area contributed by atoms with Gasteiger partial charge >= 0.3 is 0 Å². The van der Waals surface area contributed by atoms with Crippen molar-refractivity contribution in [2.24, 2.45) is 17.8 Å². The second-order valence-corrected chi connectivity index (χ2v) is 4.14. The van der Waals surface area contributed by atoms with Gasteiger partial charge in [-0.15, -0.1) is 0 Å². The molecule has 1 fully saturated rings. The standard InChI is InChI=1S/C10H20O2/c1-6-7(2)9(4)12-10(5-11)8(6)3/h6-11H,5H2,1-4H3/t6-,7-,8-,9?,10-/m1/s1. The summed E-state index contributed by atoms with van der Waals surface area (Å²) >= 11 is 0. The number of hydrogen-bond donors (Lipinski definition) is 1. The molecule has 2 heteroatoms. The van der Waals surface area contributed by atoms with E-state index in [9.17, 15) is 0 Å². The molecule has 0 saturated carbocycles. The number of ether oxygens (including phenoxy) is 1. The van der Waals surface area contributed by atoms with Crippen molar-refractivity contribution >= 4 is 0 Å². The van der Waals surface area contributed by atoms with Gasteiger partial charge in [0, 0.05) is 0 Å². The molecule has 72 valence electrons. The smallest absolute Gasteiger partial charge is 0.0837 e. The molecule has 1 saturated heterocycles.